The number of benzene rings is 2. The summed E-state index contributed by atoms with van der Waals surface area (Å²) in [6.45, 7) is 3.05. The number of sulfonamides is 1. The highest BCUT2D eigenvalue weighted by molar-refractivity contribution is 7.89. The average Bonchev–Trinajstić information content (AvgIpc) is 3.53. The minimum absolute atomic E-state index is 0.182. The van der Waals surface area contributed by atoms with Crippen molar-refractivity contribution in [3.05, 3.63) is 70.9 Å². The van der Waals surface area contributed by atoms with Crippen molar-refractivity contribution >= 4 is 32.5 Å². The molecule has 1 atom stereocenters. The number of carbonyl (C=O) groups is 1. The van der Waals surface area contributed by atoms with Gasteiger partial charge in [0.1, 0.15) is 5.82 Å². The fourth-order valence-corrected chi connectivity index (χ4v) is 6.95. The van der Waals surface area contributed by atoms with Gasteiger partial charge in [-0.1, -0.05) is 17.7 Å². The lowest BCUT2D eigenvalue weighted by Crippen LogP contribution is -2.27. The highest BCUT2D eigenvalue weighted by Crippen LogP contribution is 2.32. The summed E-state index contributed by atoms with van der Waals surface area (Å²) >= 11 is 0. The number of hydrogen-bond donors (Lipinski definition) is 1. The van der Waals surface area contributed by atoms with Gasteiger partial charge in [0.15, 0.2) is 0 Å². The van der Waals surface area contributed by atoms with E-state index < -0.39 is 20.8 Å². The molecule has 0 radical (unpaired) electrons. The van der Waals surface area contributed by atoms with Gasteiger partial charge in [0, 0.05) is 35.0 Å². The Bertz CT molecular complexity index is 1340. The number of carbonyl (C=O) groups excluding carboxylic acids is 1. The van der Waals surface area contributed by atoms with Gasteiger partial charge in [-0.05, 0) is 56.2 Å². The summed E-state index contributed by atoms with van der Waals surface area (Å²) in [7, 11) is -4.58. The first-order chi connectivity index (χ1) is 15.8. The quantitative estimate of drug-likeness (QED) is 0.600. The number of nitrogens with one attached hydrogen (secondary N) is 1. The molecule has 1 aromatic heterocycles. The molecule has 3 heterocycles. The van der Waals surface area contributed by atoms with Crippen LogP contribution >= 0.6 is 0 Å². The van der Waals surface area contributed by atoms with Crippen molar-refractivity contribution in [2.24, 2.45) is 0 Å². The van der Waals surface area contributed by atoms with Crippen LogP contribution in [0.4, 0.5) is 5.82 Å². The first-order valence-corrected chi connectivity index (χ1v) is 13.7. The number of rotatable bonds is 5. The third-order valence-electron chi connectivity index (χ3n) is 6.00. The van der Waals surface area contributed by atoms with Crippen molar-refractivity contribution in [3.63, 3.8) is 0 Å². The van der Waals surface area contributed by atoms with Crippen LogP contribution in [0.5, 0.6) is 0 Å². The van der Waals surface area contributed by atoms with E-state index in [-0.39, 0.29) is 10.8 Å². The molecule has 0 spiro atoms. The first-order valence-electron chi connectivity index (χ1n) is 10.8. The van der Waals surface area contributed by atoms with Gasteiger partial charge in [-0.2, -0.15) is 9.40 Å². The first kappa shape index (κ1) is 22.0. The van der Waals surface area contributed by atoms with E-state index in [1.165, 1.54) is 28.6 Å². The van der Waals surface area contributed by atoms with Crippen LogP contribution in [0.1, 0.15) is 40.0 Å². The van der Waals surface area contributed by atoms with Crippen molar-refractivity contribution in [1.82, 2.24) is 14.1 Å². The average molecular weight is 485 g/mol. The predicted molar refractivity (Wildman–Crippen MR) is 126 cm³/mol. The Kier molecular flexibility index (Phi) is 5.67. The minimum atomic E-state index is -3.54. The summed E-state index contributed by atoms with van der Waals surface area (Å²) in [6, 6.07) is 13.7. The Hall–Kier alpha value is -2.82. The van der Waals surface area contributed by atoms with Crippen LogP contribution in [0.2, 0.25) is 0 Å². The summed E-state index contributed by atoms with van der Waals surface area (Å²) in [6.07, 6.45) is 1.73. The van der Waals surface area contributed by atoms with E-state index in [0.717, 1.165) is 35.3 Å². The van der Waals surface area contributed by atoms with E-state index in [1.807, 2.05) is 31.2 Å². The second-order valence-electron chi connectivity index (χ2n) is 8.34. The normalized spacial score (nSPS) is 18.4. The summed E-state index contributed by atoms with van der Waals surface area (Å²) in [5.74, 6) is 0.816. The molecule has 1 saturated heterocycles. The SMILES string of the molecule is Cc1ccc(-n2nc3c(c2NC(=O)c2ccc(S(=O)(=O)N4CCCC4)cc2)CS(=O)C3)cc1. The third-order valence-corrected chi connectivity index (χ3v) is 9.12. The number of aromatic nitrogens is 2. The predicted octanol–water partition coefficient (Wildman–Crippen LogP) is 2.98. The fourth-order valence-electron chi connectivity index (χ4n) is 4.16. The molecule has 1 unspecified atom stereocenters. The molecule has 0 saturated carbocycles. The molecule has 5 rings (SSSR count). The van der Waals surface area contributed by atoms with Crippen LogP contribution in [0.25, 0.3) is 5.69 Å². The standard InChI is InChI=1S/C23H24N4O4S2/c1-16-4-8-18(9-5-16)27-22(20-14-32(29)15-21(20)25-27)24-23(28)17-6-10-19(11-7-17)33(30,31)26-12-2-3-13-26/h4-11H,2-3,12-15H2,1H3,(H,24,28). The monoisotopic (exact) mass is 484 g/mol. The molecule has 33 heavy (non-hydrogen) atoms. The van der Waals surface area contributed by atoms with Crippen molar-refractivity contribution in [2.75, 3.05) is 18.4 Å². The molecular weight excluding hydrogens is 460 g/mol. The summed E-state index contributed by atoms with van der Waals surface area (Å²) in [4.78, 5) is 13.2. The van der Waals surface area contributed by atoms with E-state index in [1.54, 1.807) is 4.68 Å². The molecule has 1 fully saturated rings. The highest BCUT2D eigenvalue weighted by atomic mass is 32.2. The van der Waals surface area contributed by atoms with Crippen molar-refractivity contribution in [3.8, 4) is 5.69 Å². The number of aryl methyl sites for hydroxylation is 1. The molecule has 2 aliphatic heterocycles. The van der Waals surface area contributed by atoms with Crippen LogP contribution in [0.3, 0.4) is 0 Å². The van der Waals surface area contributed by atoms with E-state index in [2.05, 4.69) is 10.4 Å². The second-order valence-corrected chi connectivity index (χ2v) is 11.7. The lowest BCUT2D eigenvalue weighted by molar-refractivity contribution is 0.102. The third kappa shape index (κ3) is 4.14. The molecule has 1 N–H and O–H groups in total. The van der Waals surface area contributed by atoms with Gasteiger partial charge in [0.2, 0.25) is 10.0 Å². The number of fused-ring (bicyclic) bond motifs is 1. The van der Waals surface area contributed by atoms with Crippen LogP contribution < -0.4 is 5.32 Å². The fraction of sp³-hybridized carbons (Fsp3) is 0.304. The van der Waals surface area contributed by atoms with Gasteiger partial charge in [-0.3, -0.25) is 9.00 Å². The van der Waals surface area contributed by atoms with Crippen molar-refractivity contribution < 1.29 is 17.4 Å². The van der Waals surface area contributed by atoms with E-state index in [4.69, 9.17) is 0 Å². The summed E-state index contributed by atoms with van der Waals surface area (Å²) < 4.78 is 40.7. The van der Waals surface area contributed by atoms with Crippen molar-refractivity contribution in [2.45, 2.75) is 36.2 Å². The number of hydrogen-bond acceptors (Lipinski definition) is 5. The van der Waals surface area contributed by atoms with Gasteiger partial charge < -0.3 is 5.32 Å². The molecule has 0 aliphatic carbocycles. The van der Waals surface area contributed by atoms with Gasteiger partial charge in [0.25, 0.3) is 5.91 Å². The summed E-state index contributed by atoms with van der Waals surface area (Å²) in [5, 5.41) is 7.52. The van der Waals surface area contributed by atoms with Gasteiger partial charge in [-0.25, -0.2) is 13.1 Å². The van der Waals surface area contributed by atoms with Crippen LogP contribution in [-0.2, 0) is 32.3 Å². The molecule has 1 amide bonds. The summed E-state index contributed by atoms with van der Waals surface area (Å²) in [5.41, 5.74) is 3.73. The van der Waals surface area contributed by atoms with Crippen LogP contribution in [-0.4, -0.2) is 45.7 Å². The maximum Gasteiger partial charge on any atom is 0.256 e. The van der Waals surface area contributed by atoms with Gasteiger partial charge in [0.05, 0.1) is 27.8 Å². The maximum atomic E-state index is 13.1. The van der Waals surface area contributed by atoms with E-state index in [0.29, 0.717) is 36.0 Å². The Morgan fingerprint density at radius 1 is 1.00 bits per heavy atom. The Morgan fingerprint density at radius 2 is 1.67 bits per heavy atom. The van der Waals surface area contributed by atoms with E-state index >= 15 is 0 Å². The zero-order valence-electron chi connectivity index (χ0n) is 18.2. The van der Waals surface area contributed by atoms with Gasteiger partial charge in [-0.15, -0.1) is 0 Å². The lowest BCUT2D eigenvalue weighted by Gasteiger charge is -2.15. The topological polar surface area (TPSA) is 101 Å². The van der Waals surface area contributed by atoms with E-state index in [9.17, 15) is 17.4 Å². The molecule has 2 aromatic carbocycles. The smallest absolute Gasteiger partial charge is 0.256 e. The van der Waals surface area contributed by atoms with Crippen LogP contribution in [0, 0.1) is 6.92 Å². The molecule has 0 bridgehead atoms. The number of anilines is 1. The second kappa shape index (κ2) is 8.51. The molecule has 2 aliphatic rings. The number of amides is 1. The zero-order valence-corrected chi connectivity index (χ0v) is 19.8. The molecular formula is C23H24N4O4S2. The zero-order chi connectivity index (χ0) is 23.2. The Labute approximate surface area is 195 Å². The van der Waals surface area contributed by atoms with Crippen molar-refractivity contribution in [1.29, 1.82) is 0 Å². The minimum Gasteiger partial charge on any atom is -0.306 e. The molecule has 172 valence electrons. The van der Waals surface area contributed by atoms with Crippen LogP contribution in [0.15, 0.2) is 53.4 Å². The molecule has 10 heteroatoms. The Morgan fingerprint density at radius 3 is 2.33 bits per heavy atom. The lowest BCUT2D eigenvalue weighted by atomic mass is 10.2. The number of nitrogens with zero attached hydrogens (tertiary/aromatic N) is 3. The maximum absolute atomic E-state index is 13.1. The largest absolute Gasteiger partial charge is 0.306 e. The molecule has 3 aromatic rings. The Balaban J connectivity index is 1.43. The molecule has 8 nitrogen and oxygen atoms in total. The van der Waals surface area contributed by atoms with Gasteiger partial charge >= 0.3 is 0 Å². The highest BCUT2D eigenvalue weighted by Gasteiger charge is 2.29.